The van der Waals surface area contributed by atoms with Gasteiger partial charge < -0.3 is 15.0 Å². The first-order chi connectivity index (χ1) is 9.31. The lowest BCUT2D eigenvalue weighted by Gasteiger charge is -2.26. The second-order valence-electron chi connectivity index (χ2n) is 4.57. The van der Waals surface area contributed by atoms with Crippen LogP contribution in [0.3, 0.4) is 0 Å². The fourth-order valence-electron chi connectivity index (χ4n) is 2.06. The third kappa shape index (κ3) is 3.89. The highest BCUT2D eigenvalue weighted by molar-refractivity contribution is 5.93. The summed E-state index contributed by atoms with van der Waals surface area (Å²) in [7, 11) is 1.60. The molecule has 1 amide bonds. The number of methoxy groups -OCH3 is 1. The number of nitrogens with one attached hydrogen (secondary N) is 1. The smallest absolute Gasteiger partial charge is 0.254 e. The summed E-state index contributed by atoms with van der Waals surface area (Å²) in [6, 6.07) is 0. The molecule has 0 atom stereocenters. The van der Waals surface area contributed by atoms with Gasteiger partial charge in [-0.2, -0.15) is 0 Å². The second-order valence-corrected chi connectivity index (χ2v) is 4.57. The van der Waals surface area contributed by atoms with Crippen molar-refractivity contribution in [3.8, 4) is 0 Å². The standard InChI is InChI=1S/C13H20N4O2/c1-19-8-5-14-12(18)11-9-15-13(16-10-11)17-6-3-2-4-7-17/h9-10H,2-8H2,1H3,(H,14,18). The fourth-order valence-corrected chi connectivity index (χ4v) is 2.06. The molecule has 19 heavy (non-hydrogen) atoms. The molecular weight excluding hydrogens is 244 g/mol. The number of aromatic nitrogens is 2. The Morgan fingerprint density at radius 1 is 1.32 bits per heavy atom. The average Bonchev–Trinajstić information content (AvgIpc) is 2.48. The molecule has 0 aromatic carbocycles. The second kappa shape index (κ2) is 7.04. The van der Waals surface area contributed by atoms with E-state index >= 15 is 0 Å². The van der Waals surface area contributed by atoms with Crippen LogP contribution in [-0.2, 0) is 4.74 Å². The molecule has 1 N–H and O–H groups in total. The van der Waals surface area contributed by atoms with Crippen molar-refractivity contribution >= 4 is 11.9 Å². The van der Waals surface area contributed by atoms with E-state index in [1.165, 1.54) is 19.3 Å². The van der Waals surface area contributed by atoms with Gasteiger partial charge >= 0.3 is 0 Å². The van der Waals surface area contributed by atoms with Crippen LogP contribution < -0.4 is 10.2 Å². The van der Waals surface area contributed by atoms with Gasteiger partial charge in [0.25, 0.3) is 5.91 Å². The first-order valence-corrected chi connectivity index (χ1v) is 6.65. The van der Waals surface area contributed by atoms with Crippen LogP contribution in [0.15, 0.2) is 12.4 Å². The molecule has 6 heteroatoms. The predicted molar refractivity (Wildman–Crippen MR) is 72.3 cm³/mol. The molecular formula is C13H20N4O2. The molecule has 1 aromatic heterocycles. The molecule has 2 rings (SSSR count). The average molecular weight is 264 g/mol. The summed E-state index contributed by atoms with van der Waals surface area (Å²) in [5, 5.41) is 2.74. The van der Waals surface area contributed by atoms with E-state index in [9.17, 15) is 4.79 Å². The largest absolute Gasteiger partial charge is 0.383 e. The summed E-state index contributed by atoms with van der Waals surface area (Å²) in [5.41, 5.74) is 0.483. The lowest BCUT2D eigenvalue weighted by Crippen LogP contribution is -2.31. The number of amides is 1. The van der Waals surface area contributed by atoms with Gasteiger partial charge in [0.15, 0.2) is 0 Å². The van der Waals surface area contributed by atoms with E-state index in [-0.39, 0.29) is 5.91 Å². The van der Waals surface area contributed by atoms with E-state index in [2.05, 4.69) is 20.2 Å². The van der Waals surface area contributed by atoms with Gasteiger partial charge in [0.05, 0.1) is 12.2 Å². The highest BCUT2D eigenvalue weighted by Crippen LogP contribution is 2.14. The molecule has 1 aromatic rings. The topological polar surface area (TPSA) is 67.3 Å². The number of ether oxygens (including phenoxy) is 1. The maximum atomic E-state index is 11.7. The van der Waals surface area contributed by atoms with Crippen molar-refractivity contribution in [2.75, 3.05) is 38.3 Å². The number of rotatable bonds is 5. The molecule has 0 bridgehead atoms. The van der Waals surface area contributed by atoms with E-state index < -0.39 is 0 Å². The maximum absolute atomic E-state index is 11.7. The molecule has 2 heterocycles. The van der Waals surface area contributed by atoms with Crippen molar-refractivity contribution < 1.29 is 9.53 Å². The van der Waals surface area contributed by atoms with Gasteiger partial charge in [0.1, 0.15) is 0 Å². The summed E-state index contributed by atoms with van der Waals surface area (Å²) in [5.74, 6) is 0.551. The van der Waals surface area contributed by atoms with E-state index in [0.717, 1.165) is 13.1 Å². The minimum atomic E-state index is -0.165. The fraction of sp³-hybridized carbons (Fsp3) is 0.615. The predicted octanol–water partition coefficient (Wildman–Crippen LogP) is 0.843. The molecule has 0 spiro atoms. The number of hydrogen-bond donors (Lipinski definition) is 1. The van der Waals surface area contributed by atoms with Crippen LogP contribution in [0, 0.1) is 0 Å². The maximum Gasteiger partial charge on any atom is 0.254 e. The van der Waals surface area contributed by atoms with Gasteiger partial charge in [-0.1, -0.05) is 0 Å². The Morgan fingerprint density at radius 2 is 2.00 bits per heavy atom. The van der Waals surface area contributed by atoms with Crippen molar-refractivity contribution in [1.82, 2.24) is 15.3 Å². The number of piperidine rings is 1. The number of hydrogen-bond acceptors (Lipinski definition) is 5. The highest BCUT2D eigenvalue weighted by atomic mass is 16.5. The van der Waals surface area contributed by atoms with E-state index in [4.69, 9.17) is 4.74 Å². The van der Waals surface area contributed by atoms with Crippen molar-refractivity contribution in [3.05, 3.63) is 18.0 Å². The van der Waals surface area contributed by atoms with Crippen molar-refractivity contribution in [3.63, 3.8) is 0 Å². The lowest BCUT2D eigenvalue weighted by atomic mass is 10.1. The Bertz CT molecular complexity index is 402. The van der Waals surface area contributed by atoms with Crippen LogP contribution in [0.5, 0.6) is 0 Å². The van der Waals surface area contributed by atoms with Gasteiger partial charge in [0, 0.05) is 39.1 Å². The molecule has 6 nitrogen and oxygen atoms in total. The van der Waals surface area contributed by atoms with Crippen molar-refractivity contribution in [2.45, 2.75) is 19.3 Å². The first kappa shape index (κ1) is 13.7. The van der Waals surface area contributed by atoms with Gasteiger partial charge in [-0.05, 0) is 19.3 Å². The number of carbonyl (C=O) groups is 1. The minimum Gasteiger partial charge on any atom is -0.383 e. The van der Waals surface area contributed by atoms with Gasteiger partial charge in [-0.3, -0.25) is 4.79 Å². The zero-order chi connectivity index (χ0) is 13.5. The molecule has 0 radical (unpaired) electrons. The van der Waals surface area contributed by atoms with Gasteiger partial charge in [-0.15, -0.1) is 0 Å². The molecule has 0 unspecified atom stereocenters. The van der Waals surface area contributed by atoms with Crippen LogP contribution in [-0.4, -0.2) is 49.2 Å². The number of nitrogens with zero attached hydrogens (tertiary/aromatic N) is 3. The Balaban J connectivity index is 1.91. The highest BCUT2D eigenvalue weighted by Gasteiger charge is 2.14. The number of anilines is 1. The number of carbonyl (C=O) groups excluding carboxylic acids is 1. The third-order valence-corrected chi connectivity index (χ3v) is 3.13. The monoisotopic (exact) mass is 264 g/mol. The SMILES string of the molecule is COCCNC(=O)c1cnc(N2CCCCC2)nc1. The summed E-state index contributed by atoms with van der Waals surface area (Å²) < 4.78 is 4.87. The molecule has 1 fully saturated rings. The Labute approximate surface area is 113 Å². The quantitative estimate of drug-likeness (QED) is 0.798. The Kier molecular flexibility index (Phi) is 5.09. The minimum absolute atomic E-state index is 0.165. The zero-order valence-electron chi connectivity index (χ0n) is 11.3. The summed E-state index contributed by atoms with van der Waals surface area (Å²) >= 11 is 0. The van der Waals surface area contributed by atoms with E-state index in [1.54, 1.807) is 19.5 Å². The molecule has 1 saturated heterocycles. The van der Waals surface area contributed by atoms with Crippen molar-refractivity contribution in [2.24, 2.45) is 0 Å². The molecule has 1 aliphatic heterocycles. The summed E-state index contributed by atoms with van der Waals surface area (Å²) in [4.78, 5) is 22.5. The molecule has 0 saturated carbocycles. The normalized spacial score (nSPS) is 15.3. The van der Waals surface area contributed by atoms with Gasteiger partial charge in [-0.25, -0.2) is 9.97 Å². The molecule has 1 aliphatic rings. The van der Waals surface area contributed by atoms with Gasteiger partial charge in [0.2, 0.25) is 5.95 Å². The van der Waals surface area contributed by atoms with Crippen molar-refractivity contribution in [1.29, 1.82) is 0 Å². The Hall–Kier alpha value is -1.69. The lowest BCUT2D eigenvalue weighted by molar-refractivity contribution is 0.0936. The Morgan fingerprint density at radius 3 is 2.63 bits per heavy atom. The van der Waals surface area contributed by atoms with Crippen LogP contribution in [0.1, 0.15) is 29.6 Å². The third-order valence-electron chi connectivity index (χ3n) is 3.13. The first-order valence-electron chi connectivity index (χ1n) is 6.65. The van der Waals surface area contributed by atoms with E-state index in [0.29, 0.717) is 24.7 Å². The van der Waals surface area contributed by atoms with E-state index in [1.807, 2.05) is 0 Å². The zero-order valence-corrected chi connectivity index (χ0v) is 11.3. The summed E-state index contributed by atoms with van der Waals surface area (Å²) in [6.07, 6.45) is 6.81. The van der Waals surface area contributed by atoms with Crippen LogP contribution in [0.4, 0.5) is 5.95 Å². The molecule has 0 aliphatic carbocycles. The molecule has 104 valence electrons. The van der Waals surface area contributed by atoms with Crippen LogP contribution >= 0.6 is 0 Å². The van der Waals surface area contributed by atoms with Crippen LogP contribution in [0.2, 0.25) is 0 Å². The summed E-state index contributed by atoms with van der Waals surface area (Å²) in [6.45, 7) is 2.99. The van der Waals surface area contributed by atoms with Crippen LogP contribution in [0.25, 0.3) is 0 Å².